The van der Waals surface area contributed by atoms with Crippen molar-refractivity contribution in [2.75, 3.05) is 13.1 Å². The molecular formula is C17H17BrN2O4. The molecule has 1 saturated heterocycles. The van der Waals surface area contributed by atoms with Gasteiger partial charge in [-0.15, -0.1) is 0 Å². The number of rotatable bonds is 5. The maximum Gasteiger partial charge on any atom is 0.308 e. The van der Waals surface area contributed by atoms with Gasteiger partial charge in [0.05, 0.1) is 12.1 Å². The van der Waals surface area contributed by atoms with E-state index in [0.717, 1.165) is 10.0 Å². The normalized spacial score (nSPS) is 17.2. The average Bonchev–Trinajstić information content (AvgIpc) is 3.22. The first kappa shape index (κ1) is 16.7. The summed E-state index contributed by atoms with van der Waals surface area (Å²) in [6.07, 6.45) is 2.84. The minimum absolute atomic E-state index is 0.0561. The van der Waals surface area contributed by atoms with Crippen molar-refractivity contribution in [2.45, 2.75) is 19.3 Å². The highest BCUT2D eigenvalue weighted by molar-refractivity contribution is 9.10. The fraction of sp³-hybridized carbons (Fsp3) is 0.353. The quantitative estimate of drug-likeness (QED) is 0.845. The fourth-order valence-electron chi connectivity index (χ4n) is 2.77. The molecule has 24 heavy (non-hydrogen) atoms. The molecule has 2 heterocycles. The number of aromatic nitrogens is 1. The molecule has 7 heteroatoms. The van der Waals surface area contributed by atoms with Gasteiger partial charge in [-0.1, -0.05) is 34.1 Å². The standard InChI is InChI=1S/C17H17BrN2O4/c18-13-4-2-1-3-12(13)14-9-19-15(24-14)5-6-16(21)20-8-7-11(10-20)17(22)23/h1-4,9,11H,5-8,10H2,(H,22,23). The van der Waals surface area contributed by atoms with Crippen molar-refractivity contribution < 1.29 is 19.1 Å². The third-order valence-corrected chi connectivity index (χ3v) is 4.83. The van der Waals surface area contributed by atoms with Gasteiger partial charge < -0.3 is 14.4 Å². The van der Waals surface area contributed by atoms with Crippen LogP contribution in [0.2, 0.25) is 0 Å². The van der Waals surface area contributed by atoms with Crippen LogP contribution in [0.3, 0.4) is 0 Å². The van der Waals surface area contributed by atoms with Gasteiger partial charge >= 0.3 is 5.97 Å². The van der Waals surface area contributed by atoms with E-state index < -0.39 is 11.9 Å². The van der Waals surface area contributed by atoms with E-state index in [1.807, 2.05) is 24.3 Å². The fourth-order valence-corrected chi connectivity index (χ4v) is 3.25. The predicted octanol–water partition coefficient (Wildman–Crippen LogP) is 2.97. The van der Waals surface area contributed by atoms with E-state index in [-0.39, 0.29) is 12.3 Å². The molecule has 6 nitrogen and oxygen atoms in total. The van der Waals surface area contributed by atoms with Gasteiger partial charge in [0.25, 0.3) is 0 Å². The second-order valence-corrected chi connectivity index (χ2v) is 6.62. The van der Waals surface area contributed by atoms with Crippen molar-refractivity contribution >= 4 is 27.8 Å². The number of carbonyl (C=O) groups excluding carboxylic acids is 1. The summed E-state index contributed by atoms with van der Waals surface area (Å²) in [5.41, 5.74) is 0.909. The lowest BCUT2D eigenvalue weighted by molar-refractivity contribution is -0.141. The topological polar surface area (TPSA) is 83.6 Å². The number of aryl methyl sites for hydroxylation is 1. The first-order valence-electron chi connectivity index (χ1n) is 7.75. The third-order valence-electron chi connectivity index (χ3n) is 4.14. The Morgan fingerprint density at radius 2 is 2.17 bits per heavy atom. The molecule has 0 bridgehead atoms. The number of aliphatic carboxylic acids is 1. The molecule has 3 rings (SSSR count). The molecule has 1 atom stereocenters. The van der Waals surface area contributed by atoms with E-state index in [4.69, 9.17) is 9.52 Å². The minimum Gasteiger partial charge on any atom is -0.481 e. The number of likely N-dealkylation sites (tertiary alicyclic amines) is 1. The summed E-state index contributed by atoms with van der Waals surface area (Å²) < 4.78 is 6.63. The van der Waals surface area contributed by atoms with Gasteiger partial charge in [-0.05, 0) is 12.5 Å². The molecule has 1 amide bonds. The Morgan fingerprint density at radius 3 is 2.88 bits per heavy atom. The van der Waals surface area contributed by atoms with Gasteiger partial charge in [-0.2, -0.15) is 0 Å². The molecule has 0 radical (unpaired) electrons. The summed E-state index contributed by atoms with van der Waals surface area (Å²) in [5.74, 6) is -0.187. The summed E-state index contributed by atoms with van der Waals surface area (Å²) in [4.78, 5) is 29.0. The van der Waals surface area contributed by atoms with Crippen LogP contribution in [0.25, 0.3) is 11.3 Å². The Hall–Kier alpha value is -2.15. The Kier molecular flexibility index (Phi) is 4.99. The SMILES string of the molecule is O=C(O)C1CCN(C(=O)CCc2ncc(-c3ccccc3Br)o2)C1. The number of halogens is 1. The van der Waals surface area contributed by atoms with Crippen LogP contribution in [0.1, 0.15) is 18.7 Å². The number of nitrogens with zero attached hydrogens (tertiary/aromatic N) is 2. The van der Waals surface area contributed by atoms with Crippen LogP contribution in [-0.2, 0) is 16.0 Å². The highest BCUT2D eigenvalue weighted by atomic mass is 79.9. The van der Waals surface area contributed by atoms with E-state index in [1.54, 1.807) is 11.1 Å². The number of carboxylic acid groups (broad SMARTS) is 1. The van der Waals surface area contributed by atoms with Crippen LogP contribution in [-0.4, -0.2) is 40.0 Å². The third kappa shape index (κ3) is 3.67. The van der Waals surface area contributed by atoms with Gasteiger partial charge in [0.1, 0.15) is 0 Å². The Balaban J connectivity index is 1.57. The molecule has 126 valence electrons. The number of amides is 1. The number of benzene rings is 1. The van der Waals surface area contributed by atoms with Crippen LogP contribution in [0.5, 0.6) is 0 Å². The molecule has 1 N–H and O–H groups in total. The van der Waals surface area contributed by atoms with Gasteiger partial charge in [0.15, 0.2) is 11.7 Å². The summed E-state index contributed by atoms with van der Waals surface area (Å²) in [6.45, 7) is 0.797. The zero-order valence-corrected chi connectivity index (χ0v) is 14.5. The van der Waals surface area contributed by atoms with Crippen molar-refractivity contribution in [3.05, 3.63) is 40.8 Å². The van der Waals surface area contributed by atoms with Crippen LogP contribution >= 0.6 is 15.9 Å². The number of oxazole rings is 1. The second-order valence-electron chi connectivity index (χ2n) is 5.76. The lowest BCUT2D eigenvalue weighted by Crippen LogP contribution is -2.30. The van der Waals surface area contributed by atoms with Crippen molar-refractivity contribution in [1.82, 2.24) is 9.88 Å². The Morgan fingerprint density at radius 1 is 1.38 bits per heavy atom. The lowest BCUT2D eigenvalue weighted by Gasteiger charge is -2.14. The molecule has 1 aliphatic heterocycles. The van der Waals surface area contributed by atoms with Crippen molar-refractivity contribution in [2.24, 2.45) is 5.92 Å². The van der Waals surface area contributed by atoms with Crippen LogP contribution < -0.4 is 0 Å². The molecule has 2 aromatic rings. The van der Waals surface area contributed by atoms with E-state index >= 15 is 0 Å². The van der Waals surface area contributed by atoms with Gasteiger partial charge in [0.2, 0.25) is 5.91 Å². The van der Waals surface area contributed by atoms with Crippen LogP contribution in [0, 0.1) is 5.92 Å². The average molecular weight is 393 g/mol. The van der Waals surface area contributed by atoms with E-state index in [0.29, 0.717) is 37.6 Å². The molecule has 1 fully saturated rings. The molecule has 0 spiro atoms. The predicted molar refractivity (Wildman–Crippen MR) is 90.3 cm³/mol. The molecule has 1 aliphatic rings. The largest absolute Gasteiger partial charge is 0.481 e. The highest BCUT2D eigenvalue weighted by Gasteiger charge is 2.30. The number of carboxylic acids is 1. The van der Waals surface area contributed by atoms with Gasteiger partial charge in [-0.25, -0.2) is 4.98 Å². The number of hydrogen-bond acceptors (Lipinski definition) is 4. The van der Waals surface area contributed by atoms with E-state index in [2.05, 4.69) is 20.9 Å². The van der Waals surface area contributed by atoms with Crippen molar-refractivity contribution in [1.29, 1.82) is 0 Å². The summed E-state index contributed by atoms with van der Waals surface area (Å²) in [5, 5.41) is 8.99. The zero-order valence-electron chi connectivity index (χ0n) is 12.9. The zero-order chi connectivity index (χ0) is 17.1. The summed E-state index contributed by atoms with van der Waals surface area (Å²) in [6, 6.07) is 7.69. The smallest absolute Gasteiger partial charge is 0.308 e. The first-order valence-corrected chi connectivity index (χ1v) is 8.54. The summed E-state index contributed by atoms with van der Waals surface area (Å²) in [7, 11) is 0. The molecular weight excluding hydrogens is 376 g/mol. The second kappa shape index (κ2) is 7.17. The lowest BCUT2D eigenvalue weighted by atomic mass is 10.1. The van der Waals surface area contributed by atoms with Gasteiger partial charge in [0, 0.05) is 36.0 Å². The molecule has 1 aromatic carbocycles. The van der Waals surface area contributed by atoms with Gasteiger partial charge in [-0.3, -0.25) is 9.59 Å². The molecule has 1 aromatic heterocycles. The van der Waals surface area contributed by atoms with Crippen molar-refractivity contribution in [3.63, 3.8) is 0 Å². The van der Waals surface area contributed by atoms with Crippen LogP contribution in [0.15, 0.2) is 39.4 Å². The molecule has 0 saturated carbocycles. The van der Waals surface area contributed by atoms with E-state index in [1.165, 1.54) is 0 Å². The highest BCUT2D eigenvalue weighted by Crippen LogP contribution is 2.28. The molecule has 1 unspecified atom stereocenters. The number of carbonyl (C=O) groups is 2. The maximum atomic E-state index is 12.2. The number of hydrogen-bond donors (Lipinski definition) is 1. The van der Waals surface area contributed by atoms with E-state index in [9.17, 15) is 9.59 Å². The minimum atomic E-state index is -0.837. The summed E-state index contributed by atoms with van der Waals surface area (Å²) >= 11 is 3.47. The first-order chi connectivity index (χ1) is 11.5. The van der Waals surface area contributed by atoms with Crippen LogP contribution in [0.4, 0.5) is 0 Å². The Labute approximate surface area is 147 Å². The maximum absolute atomic E-state index is 12.2. The van der Waals surface area contributed by atoms with Crippen molar-refractivity contribution in [3.8, 4) is 11.3 Å². The monoisotopic (exact) mass is 392 g/mol. The Bertz CT molecular complexity index is 759. The molecule has 0 aliphatic carbocycles.